The molecule has 1 aromatic carbocycles. The van der Waals surface area contributed by atoms with Gasteiger partial charge in [0, 0.05) is 32.7 Å². The van der Waals surface area contributed by atoms with Crippen LogP contribution in [0, 0.1) is 23.7 Å². The lowest BCUT2D eigenvalue weighted by Gasteiger charge is -2.38. The molecule has 5 nitrogen and oxygen atoms in total. The minimum absolute atomic E-state index is 0.104. The molecule has 0 unspecified atom stereocenters. The number of carboxylic acid groups (broad SMARTS) is 1. The van der Waals surface area contributed by atoms with E-state index in [-0.39, 0.29) is 17.7 Å². The van der Waals surface area contributed by atoms with E-state index < -0.39 is 11.9 Å². The molecule has 1 amide bonds. The molecule has 2 bridgehead atoms. The second-order valence-corrected chi connectivity index (χ2v) is 8.13. The maximum Gasteiger partial charge on any atom is 0.307 e. The number of hydrogen-bond acceptors (Lipinski definition) is 3. The second-order valence-electron chi connectivity index (χ2n) is 8.13. The van der Waals surface area contributed by atoms with Crippen LogP contribution in [0.15, 0.2) is 30.3 Å². The first kappa shape index (κ1) is 17.5. The number of nitrogens with zero attached hydrogens (tertiary/aromatic N) is 2. The van der Waals surface area contributed by atoms with Crippen molar-refractivity contribution in [2.45, 2.75) is 25.7 Å². The van der Waals surface area contributed by atoms with Gasteiger partial charge in [-0.15, -0.1) is 0 Å². The van der Waals surface area contributed by atoms with Crippen LogP contribution in [0.25, 0.3) is 0 Å². The first-order valence-corrected chi connectivity index (χ1v) is 9.91. The molecular formula is C21H28N2O3. The predicted octanol–water partition coefficient (Wildman–Crippen LogP) is 2.12. The highest BCUT2D eigenvalue weighted by atomic mass is 16.4. The summed E-state index contributed by atoms with van der Waals surface area (Å²) in [5, 5.41) is 9.59. The zero-order valence-corrected chi connectivity index (χ0v) is 15.2. The van der Waals surface area contributed by atoms with Gasteiger partial charge in [-0.25, -0.2) is 0 Å². The van der Waals surface area contributed by atoms with E-state index in [0.29, 0.717) is 5.92 Å². The van der Waals surface area contributed by atoms with Gasteiger partial charge in [0.2, 0.25) is 5.91 Å². The maximum atomic E-state index is 13.0. The Hall–Kier alpha value is -1.88. The van der Waals surface area contributed by atoms with Crippen LogP contribution in [0.2, 0.25) is 0 Å². The predicted molar refractivity (Wildman–Crippen MR) is 98.6 cm³/mol. The third-order valence-electron chi connectivity index (χ3n) is 6.73. The van der Waals surface area contributed by atoms with Crippen LogP contribution >= 0.6 is 0 Å². The van der Waals surface area contributed by atoms with Gasteiger partial charge < -0.3 is 10.0 Å². The van der Waals surface area contributed by atoms with Gasteiger partial charge in [0.15, 0.2) is 0 Å². The third kappa shape index (κ3) is 3.37. The van der Waals surface area contributed by atoms with Gasteiger partial charge in [-0.1, -0.05) is 30.3 Å². The number of fused-ring (bicyclic) bond motifs is 2. The largest absolute Gasteiger partial charge is 0.481 e. The summed E-state index contributed by atoms with van der Waals surface area (Å²) < 4.78 is 0. The Kier molecular flexibility index (Phi) is 4.98. The first-order valence-electron chi connectivity index (χ1n) is 9.91. The van der Waals surface area contributed by atoms with Crippen LogP contribution in [0.4, 0.5) is 0 Å². The third-order valence-corrected chi connectivity index (χ3v) is 6.73. The summed E-state index contributed by atoms with van der Waals surface area (Å²) in [4.78, 5) is 29.1. The second kappa shape index (κ2) is 7.39. The van der Waals surface area contributed by atoms with Gasteiger partial charge in [0.1, 0.15) is 0 Å². The van der Waals surface area contributed by atoms with Crippen LogP contribution in [-0.2, 0) is 16.0 Å². The normalized spacial score (nSPS) is 31.3. The lowest BCUT2D eigenvalue weighted by atomic mass is 9.78. The molecule has 1 aliphatic heterocycles. The summed E-state index contributed by atoms with van der Waals surface area (Å²) in [5.41, 5.74) is 1.34. The monoisotopic (exact) mass is 356 g/mol. The highest BCUT2D eigenvalue weighted by Gasteiger charge is 2.54. The number of rotatable bonds is 5. The topological polar surface area (TPSA) is 60.9 Å². The minimum atomic E-state index is -0.767. The fourth-order valence-electron chi connectivity index (χ4n) is 5.34. The Morgan fingerprint density at radius 2 is 1.62 bits per heavy atom. The summed E-state index contributed by atoms with van der Waals surface area (Å²) >= 11 is 0. The number of piperazine rings is 1. The number of hydrogen-bond donors (Lipinski definition) is 1. The number of carbonyl (C=O) groups excluding carboxylic acids is 1. The van der Waals surface area contributed by atoms with Crippen LogP contribution in [0.3, 0.4) is 0 Å². The molecule has 0 spiro atoms. The summed E-state index contributed by atoms with van der Waals surface area (Å²) in [6, 6.07) is 10.5. The Balaban J connectivity index is 1.30. The minimum Gasteiger partial charge on any atom is -0.481 e. The average Bonchev–Trinajstić information content (AvgIpc) is 3.28. The van der Waals surface area contributed by atoms with Crippen LogP contribution in [-0.4, -0.2) is 59.5 Å². The van der Waals surface area contributed by atoms with E-state index in [1.165, 1.54) is 5.56 Å². The molecule has 2 aliphatic carbocycles. The average molecular weight is 356 g/mol. The molecule has 1 N–H and O–H groups in total. The smallest absolute Gasteiger partial charge is 0.307 e. The van der Waals surface area contributed by atoms with Gasteiger partial charge in [-0.2, -0.15) is 0 Å². The van der Waals surface area contributed by atoms with Crippen LogP contribution < -0.4 is 0 Å². The maximum absolute atomic E-state index is 13.0. The molecule has 5 heteroatoms. The van der Waals surface area contributed by atoms with Crippen molar-refractivity contribution >= 4 is 11.9 Å². The Morgan fingerprint density at radius 1 is 0.962 bits per heavy atom. The summed E-state index contributed by atoms with van der Waals surface area (Å²) in [5.74, 6) is -0.868. The SMILES string of the molecule is O=C(O)[C@H]1[C@@H]2CC[C@@H](C2)[C@@H]1C(=O)N1CCN(CCc2ccccc2)CC1. The van der Waals surface area contributed by atoms with Gasteiger partial charge >= 0.3 is 5.97 Å². The molecule has 2 saturated carbocycles. The van der Waals surface area contributed by atoms with Crippen molar-refractivity contribution in [3.8, 4) is 0 Å². The van der Waals surface area contributed by atoms with Crippen molar-refractivity contribution in [1.29, 1.82) is 0 Å². The van der Waals surface area contributed by atoms with Gasteiger partial charge in [-0.3, -0.25) is 14.5 Å². The molecule has 4 atom stereocenters. The molecule has 3 fully saturated rings. The highest BCUT2D eigenvalue weighted by Crippen LogP contribution is 2.53. The highest BCUT2D eigenvalue weighted by molar-refractivity contribution is 5.86. The van der Waals surface area contributed by atoms with Crippen molar-refractivity contribution < 1.29 is 14.7 Å². The molecule has 140 valence electrons. The summed E-state index contributed by atoms with van der Waals surface area (Å²) in [6.07, 6.45) is 3.98. The van der Waals surface area contributed by atoms with Crippen LogP contribution in [0.5, 0.6) is 0 Å². The van der Waals surface area contributed by atoms with E-state index in [1.807, 2.05) is 11.0 Å². The number of carbonyl (C=O) groups is 2. The molecular weight excluding hydrogens is 328 g/mol. The van der Waals surface area contributed by atoms with E-state index in [2.05, 4.69) is 29.2 Å². The van der Waals surface area contributed by atoms with Gasteiger partial charge in [-0.05, 0) is 43.1 Å². The number of aliphatic carboxylic acids is 1. The molecule has 1 aromatic rings. The summed E-state index contributed by atoms with van der Waals surface area (Å²) in [6.45, 7) is 4.24. The Morgan fingerprint density at radius 3 is 2.27 bits per heavy atom. The van der Waals surface area contributed by atoms with E-state index in [9.17, 15) is 14.7 Å². The Labute approximate surface area is 155 Å². The molecule has 0 radical (unpaired) electrons. The van der Waals surface area contributed by atoms with Crippen molar-refractivity contribution in [1.82, 2.24) is 9.80 Å². The zero-order chi connectivity index (χ0) is 18.1. The molecule has 0 aromatic heterocycles. The molecule has 26 heavy (non-hydrogen) atoms. The van der Waals surface area contributed by atoms with E-state index >= 15 is 0 Å². The van der Waals surface area contributed by atoms with E-state index in [4.69, 9.17) is 0 Å². The lowest BCUT2D eigenvalue weighted by molar-refractivity contribution is -0.153. The number of benzene rings is 1. The van der Waals surface area contributed by atoms with E-state index in [0.717, 1.165) is 58.4 Å². The van der Waals surface area contributed by atoms with Crippen LogP contribution in [0.1, 0.15) is 24.8 Å². The first-order chi connectivity index (χ1) is 12.6. The van der Waals surface area contributed by atoms with Crippen molar-refractivity contribution in [2.75, 3.05) is 32.7 Å². The van der Waals surface area contributed by atoms with Crippen molar-refractivity contribution in [2.24, 2.45) is 23.7 Å². The van der Waals surface area contributed by atoms with Crippen molar-refractivity contribution in [3.63, 3.8) is 0 Å². The quantitative estimate of drug-likeness (QED) is 0.878. The van der Waals surface area contributed by atoms with Gasteiger partial charge in [0.05, 0.1) is 11.8 Å². The molecule has 4 rings (SSSR count). The lowest BCUT2D eigenvalue weighted by Crippen LogP contribution is -2.52. The van der Waals surface area contributed by atoms with Crippen molar-refractivity contribution in [3.05, 3.63) is 35.9 Å². The fourth-order valence-corrected chi connectivity index (χ4v) is 5.34. The van der Waals surface area contributed by atoms with Gasteiger partial charge in [0.25, 0.3) is 0 Å². The molecule has 1 heterocycles. The fraction of sp³-hybridized carbons (Fsp3) is 0.619. The van der Waals surface area contributed by atoms with E-state index in [1.54, 1.807) is 0 Å². The number of amides is 1. The number of carboxylic acids is 1. The summed E-state index contributed by atoms with van der Waals surface area (Å²) in [7, 11) is 0. The standard InChI is InChI=1S/C21H28N2O3/c24-20(18-16-6-7-17(14-16)19(18)21(25)26)23-12-10-22(11-13-23)9-8-15-4-2-1-3-5-15/h1-5,16-19H,6-14H2,(H,25,26)/t16-,17+,18-,19-/m0/s1. The zero-order valence-electron chi connectivity index (χ0n) is 15.2. The molecule has 3 aliphatic rings. The molecule has 1 saturated heterocycles. The Bertz CT molecular complexity index is 654.